The normalized spacial score (nSPS) is 23.8. The smallest absolute Gasteiger partial charge is 0.150 e. The average Bonchev–Trinajstić information content (AvgIpc) is 2.33. The van der Waals surface area contributed by atoms with E-state index < -0.39 is 11.6 Å². The fourth-order valence-electron chi connectivity index (χ4n) is 2.15. The van der Waals surface area contributed by atoms with Gasteiger partial charge in [0.15, 0.2) is 11.6 Å². The number of rotatable bonds is 1. The van der Waals surface area contributed by atoms with E-state index >= 15 is 0 Å². The highest BCUT2D eigenvalue weighted by Gasteiger charge is 2.29. The number of anilines is 1. The Morgan fingerprint density at radius 3 is 2.50 bits per heavy atom. The predicted octanol–water partition coefficient (Wildman–Crippen LogP) is 3.17. The Morgan fingerprint density at radius 1 is 1.33 bits per heavy atom. The van der Waals surface area contributed by atoms with Crippen LogP contribution in [-0.2, 0) is 0 Å². The molecule has 1 aromatic carbocycles. The van der Waals surface area contributed by atoms with Crippen LogP contribution in [0.3, 0.4) is 0 Å². The fourth-order valence-corrected chi connectivity index (χ4v) is 3.25. The first kappa shape index (κ1) is 13.2. The maximum Gasteiger partial charge on any atom is 0.150 e. The maximum absolute atomic E-state index is 13.9. The van der Waals surface area contributed by atoms with Gasteiger partial charge in [-0.3, -0.25) is 0 Å². The molecule has 1 aliphatic rings. The average molecular weight is 268 g/mol. The number of benzene rings is 1. The molecule has 1 heterocycles. The highest BCUT2D eigenvalue weighted by atomic mass is 32.2. The molecule has 0 saturated carbocycles. The predicted molar refractivity (Wildman–Crippen MR) is 69.8 cm³/mol. The largest absolute Gasteiger partial charge is 0.362 e. The van der Waals surface area contributed by atoms with Crippen LogP contribution in [-0.4, -0.2) is 23.6 Å². The Morgan fingerprint density at radius 2 is 1.94 bits per heavy atom. The van der Waals surface area contributed by atoms with Crippen molar-refractivity contribution >= 4 is 17.4 Å². The summed E-state index contributed by atoms with van der Waals surface area (Å²) >= 11 is 1.81. The van der Waals surface area contributed by atoms with Crippen LogP contribution < -0.4 is 4.90 Å². The summed E-state index contributed by atoms with van der Waals surface area (Å²) in [5.74, 6) is -0.459. The number of hydrogen-bond donors (Lipinski definition) is 0. The lowest BCUT2D eigenvalue weighted by Gasteiger charge is -2.39. The molecular weight excluding hydrogens is 254 g/mol. The lowest BCUT2D eigenvalue weighted by Crippen LogP contribution is -2.45. The monoisotopic (exact) mass is 268 g/mol. The first-order valence-corrected chi connectivity index (χ1v) is 6.87. The molecule has 1 aromatic rings. The lowest BCUT2D eigenvalue weighted by atomic mass is 10.1. The Hall–Kier alpha value is -1.28. The van der Waals surface area contributed by atoms with Gasteiger partial charge < -0.3 is 4.90 Å². The summed E-state index contributed by atoms with van der Waals surface area (Å²) in [6, 6.07) is 4.02. The van der Waals surface area contributed by atoms with Crippen LogP contribution in [0.4, 0.5) is 14.5 Å². The molecule has 0 N–H and O–H groups in total. The van der Waals surface area contributed by atoms with E-state index in [-0.39, 0.29) is 17.3 Å². The van der Waals surface area contributed by atoms with Crippen molar-refractivity contribution in [2.24, 2.45) is 0 Å². The van der Waals surface area contributed by atoms with E-state index in [0.717, 1.165) is 17.9 Å². The quantitative estimate of drug-likeness (QED) is 0.783. The summed E-state index contributed by atoms with van der Waals surface area (Å²) in [6.07, 6.45) is 0. The van der Waals surface area contributed by atoms with Crippen LogP contribution in [0.25, 0.3) is 0 Å². The molecule has 0 radical (unpaired) electrons. The van der Waals surface area contributed by atoms with Crippen molar-refractivity contribution in [1.82, 2.24) is 0 Å². The minimum absolute atomic E-state index is 0.00588. The van der Waals surface area contributed by atoms with E-state index in [2.05, 4.69) is 6.92 Å². The molecule has 2 atom stereocenters. The summed E-state index contributed by atoms with van der Waals surface area (Å²) in [4.78, 5) is 1.76. The Labute approximate surface area is 110 Å². The highest BCUT2D eigenvalue weighted by molar-refractivity contribution is 8.00. The molecule has 0 spiro atoms. The molecule has 0 aliphatic carbocycles. The lowest BCUT2D eigenvalue weighted by molar-refractivity contribution is 0.543. The molecule has 2 nitrogen and oxygen atoms in total. The van der Waals surface area contributed by atoms with Crippen molar-refractivity contribution in [3.8, 4) is 6.07 Å². The third-order valence-electron chi connectivity index (χ3n) is 3.32. The molecular formula is C13H14F2N2S. The molecule has 18 heavy (non-hydrogen) atoms. The van der Waals surface area contributed by atoms with Crippen molar-refractivity contribution in [1.29, 1.82) is 5.26 Å². The standard InChI is InChI=1S/C13H14F2N2S/c1-8-9(2)18-4-3-17(8)13-11(14)5-10(7-16)6-12(13)15/h5-6,8-9H,3-4H2,1-2H3. The summed E-state index contributed by atoms with van der Waals surface area (Å²) in [5, 5.41) is 9.01. The zero-order chi connectivity index (χ0) is 13.3. The number of halogens is 2. The van der Waals surface area contributed by atoms with E-state index in [4.69, 9.17) is 5.26 Å². The van der Waals surface area contributed by atoms with Gasteiger partial charge in [-0.05, 0) is 19.1 Å². The van der Waals surface area contributed by atoms with Crippen molar-refractivity contribution in [2.75, 3.05) is 17.2 Å². The molecule has 1 saturated heterocycles. The summed E-state index contributed by atoms with van der Waals surface area (Å²) in [6.45, 7) is 4.64. The van der Waals surface area contributed by atoms with Crippen molar-refractivity contribution in [2.45, 2.75) is 25.1 Å². The first-order chi connectivity index (χ1) is 8.54. The summed E-state index contributed by atoms with van der Waals surface area (Å²) in [7, 11) is 0. The Bertz CT molecular complexity index is 475. The molecule has 0 aromatic heterocycles. The van der Waals surface area contributed by atoms with E-state index in [0.29, 0.717) is 11.8 Å². The van der Waals surface area contributed by atoms with Gasteiger partial charge in [0.05, 0.1) is 11.6 Å². The number of nitrogens with zero attached hydrogens (tertiary/aromatic N) is 2. The van der Waals surface area contributed by atoms with Gasteiger partial charge in [0.25, 0.3) is 0 Å². The van der Waals surface area contributed by atoms with Gasteiger partial charge >= 0.3 is 0 Å². The first-order valence-electron chi connectivity index (χ1n) is 5.82. The van der Waals surface area contributed by atoms with Crippen molar-refractivity contribution in [3.63, 3.8) is 0 Å². The zero-order valence-corrected chi connectivity index (χ0v) is 11.1. The van der Waals surface area contributed by atoms with E-state index in [1.807, 2.05) is 6.92 Å². The third-order valence-corrected chi connectivity index (χ3v) is 4.66. The van der Waals surface area contributed by atoms with E-state index in [9.17, 15) is 8.78 Å². The van der Waals surface area contributed by atoms with Gasteiger partial charge in [0.2, 0.25) is 0 Å². The summed E-state index contributed by atoms with van der Waals surface area (Å²) < 4.78 is 27.9. The third kappa shape index (κ3) is 2.30. The van der Waals surface area contributed by atoms with Gasteiger partial charge in [-0.15, -0.1) is 0 Å². The topological polar surface area (TPSA) is 27.0 Å². The van der Waals surface area contributed by atoms with E-state index in [1.54, 1.807) is 22.7 Å². The maximum atomic E-state index is 13.9. The zero-order valence-electron chi connectivity index (χ0n) is 10.3. The molecule has 2 unspecified atom stereocenters. The van der Waals surface area contributed by atoms with Gasteiger partial charge in [-0.25, -0.2) is 8.78 Å². The minimum Gasteiger partial charge on any atom is -0.362 e. The molecule has 2 rings (SSSR count). The fraction of sp³-hybridized carbons (Fsp3) is 0.462. The van der Waals surface area contributed by atoms with E-state index in [1.165, 1.54) is 0 Å². The van der Waals surface area contributed by atoms with Crippen LogP contribution in [0, 0.1) is 23.0 Å². The van der Waals surface area contributed by atoms with Crippen LogP contribution >= 0.6 is 11.8 Å². The SMILES string of the molecule is CC1SCCN(c2c(F)cc(C#N)cc2F)C1C. The van der Waals surface area contributed by atoms with Crippen LogP contribution in [0.15, 0.2) is 12.1 Å². The van der Waals surface area contributed by atoms with Crippen LogP contribution in [0.1, 0.15) is 19.4 Å². The second-order valence-electron chi connectivity index (χ2n) is 4.41. The van der Waals surface area contributed by atoms with Gasteiger partial charge in [0, 0.05) is 23.6 Å². The molecule has 0 amide bonds. The van der Waals surface area contributed by atoms with Gasteiger partial charge in [-0.1, -0.05) is 6.92 Å². The van der Waals surface area contributed by atoms with Crippen molar-refractivity contribution in [3.05, 3.63) is 29.3 Å². The number of hydrogen-bond acceptors (Lipinski definition) is 3. The molecule has 96 valence electrons. The molecule has 5 heteroatoms. The Kier molecular flexibility index (Phi) is 3.76. The van der Waals surface area contributed by atoms with Gasteiger partial charge in [-0.2, -0.15) is 17.0 Å². The number of thioether (sulfide) groups is 1. The minimum atomic E-state index is -0.655. The second-order valence-corrected chi connectivity index (χ2v) is 5.90. The number of nitriles is 1. The molecule has 1 fully saturated rings. The summed E-state index contributed by atoms with van der Waals surface area (Å²) in [5.41, 5.74) is 0.00878. The van der Waals surface area contributed by atoms with Gasteiger partial charge in [0.1, 0.15) is 5.69 Å². The van der Waals surface area contributed by atoms with Crippen molar-refractivity contribution < 1.29 is 8.78 Å². The van der Waals surface area contributed by atoms with Crippen LogP contribution in [0.2, 0.25) is 0 Å². The molecule has 0 bridgehead atoms. The Balaban J connectivity index is 2.42. The molecule has 1 aliphatic heterocycles. The highest BCUT2D eigenvalue weighted by Crippen LogP contribution is 2.32. The second kappa shape index (κ2) is 5.15. The van der Waals surface area contributed by atoms with Crippen LogP contribution in [0.5, 0.6) is 0 Å².